The molecule has 4 heteroatoms. The molecule has 0 aliphatic heterocycles. The van der Waals surface area contributed by atoms with Gasteiger partial charge in [-0.15, -0.1) is 0 Å². The van der Waals surface area contributed by atoms with Crippen molar-refractivity contribution in [2.24, 2.45) is 0 Å². The van der Waals surface area contributed by atoms with Crippen LogP contribution in [-0.2, 0) is 0 Å². The molecule has 0 saturated heterocycles. The van der Waals surface area contributed by atoms with E-state index in [2.05, 4.69) is 0 Å². The minimum atomic E-state index is -0.0294. The van der Waals surface area contributed by atoms with Crippen LogP contribution in [0.2, 0.25) is 10.0 Å². The molecular formula is C9H9Cl2NO. The summed E-state index contributed by atoms with van der Waals surface area (Å²) in [6.07, 6.45) is 3.27. The fourth-order valence-electron chi connectivity index (χ4n) is 0.885. The fourth-order valence-corrected chi connectivity index (χ4v) is 1.29. The highest BCUT2D eigenvalue weighted by Gasteiger charge is 2.01. The van der Waals surface area contributed by atoms with Crippen molar-refractivity contribution in [3.63, 3.8) is 0 Å². The largest absolute Gasteiger partial charge is 0.397 e. The van der Waals surface area contributed by atoms with Crippen molar-refractivity contribution < 1.29 is 5.11 Å². The lowest BCUT2D eigenvalue weighted by molar-refractivity contribution is 0.343. The number of benzene rings is 1. The van der Waals surface area contributed by atoms with Gasteiger partial charge in [0.2, 0.25) is 0 Å². The maximum Gasteiger partial charge on any atom is 0.0642 e. The van der Waals surface area contributed by atoms with Gasteiger partial charge in [-0.05, 0) is 17.7 Å². The molecule has 0 radical (unpaired) electrons. The summed E-state index contributed by atoms with van der Waals surface area (Å²) in [5, 5.41) is 9.53. The van der Waals surface area contributed by atoms with E-state index in [-0.39, 0.29) is 6.61 Å². The minimum absolute atomic E-state index is 0.0294. The number of nitrogen functional groups attached to an aromatic ring is 1. The van der Waals surface area contributed by atoms with Crippen LogP contribution in [0.4, 0.5) is 5.69 Å². The van der Waals surface area contributed by atoms with Gasteiger partial charge in [-0.2, -0.15) is 0 Å². The Morgan fingerprint density at radius 1 is 1.31 bits per heavy atom. The van der Waals surface area contributed by atoms with Crippen LogP contribution in [0.3, 0.4) is 0 Å². The SMILES string of the molecule is Nc1cc(Cl)c(C=CCO)cc1Cl. The van der Waals surface area contributed by atoms with E-state index in [9.17, 15) is 0 Å². The second-order valence-corrected chi connectivity index (χ2v) is 3.29. The lowest BCUT2D eigenvalue weighted by atomic mass is 10.2. The van der Waals surface area contributed by atoms with E-state index in [1.807, 2.05) is 0 Å². The van der Waals surface area contributed by atoms with Gasteiger partial charge in [0.1, 0.15) is 0 Å². The molecule has 0 atom stereocenters. The number of anilines is 1. The van der Waals surface area contributed by atoms with E-state index >= 15 is 0 Å². The minimum Gasteiger partial charge on any atom is -0.397 e. The molecule has 1 aromatic carbocycles. The first-order chi connectivity index (χ1) is 6.15. The van der Waals surface area contributed by atoms with Crippen molar-refractivity contribution in [2.75, 3.05) is 12.3 Å². The third-order valence-corrected chi connectivity index (χ3v) is 2.17. The standard InChI is InChI=1S/C9H9Cl2NO/c10-7-5-9(12)8(11)4-6(7)2-1-3-13/h1-2,4-5,13H,3,12H2. The summed E-state index contributed by atoms with van der Waals surface area (Å²) >= 11 is 11.7. The average molecular weight is 218 g/mol. The third-order valence-electron chi connectivity index (χ3n) is 1.52. The molecule has 0 aromatic heterocycles. The molecule has 70 valence electrons. The van der Waals surface area contributed by atoms with Gasteiger partial charge in [0, 0.05) is 5.02 Å². The molecule has 0 amide bonds. The number of halogens is 2. The van der Waals surface area contributed by atoms with E-state index in [4.69, 9.17) is 34.0 Å². The zero-order valence-electron chi connectivity index (χ0n) is 6.80. The molecule has 1 rings (SSSR count). The van der Waals surface area contributed by atoms with Crippen molar-refractivity contribution in [3.8, 4) is 0 Å². The maximum atomic E-state index is 8.55. The normalized spacial score (nSPS) is 11.0. The van der Waals surface area contributed by atoms with Gasteiger partial charge >= 0.3 is 0 Å². The van der Waals surface area contributed by atoms with Gasteiger partial charge in [0.15, 0.2) is 0 Å². The number of nitrogens with two attached hydrogens (primary N) is 1. The molecule has 1 aromatic rings. The monoisotopic (exact) mass is 217 g/mol. The molecular weight excluding hydrogens is 209 g/mol. The van der Waals surface area contributed by atoms with Gasteiger partial charge in [-0.3, -0.25) is 0 Å². The van der Waals surface area contributed by atoms with Gasteiger partial charge < -0.3 is 10.8 Å². The van der Waals surface area contributed by atoms with Crippen LogP contribution < -0.4 is 5.73 Å². The van der Waals surface area contributed by atoms with Crippen LogP contribution >= 0.6 is 23.2 Å². The van der Waals surface area contributed by atoms with E-state index in [1.165, 1.54) is 0 Å². The Hall–Kier alpha value is -0.700. The lowest BCUT2D eigenvalue weighted by Gasteiger charge is -2.02. The predicted octanol–water partition coefficient (Wildman–Crippen LogP) is 2.58. The van der Waals surface area contributed by atoms with Crippen LogP contribution in [-0.4, -0.2) is 11.7 Å². The second-order valence-electron chi connectivity index (χ2n) is 2.48. The average Bonchev–Trinajstić information content (AvgIpc) is 2.09. The molecule has 13 heavy (non-hydrogen) atoms. The molecule has 0 saturated carbocycles. The molecule has 2 nitrogen and oxygen atoms in total. The smallest absolute Gasteiger partial charge is 0.0642 e. The van der Waals surface area contributed by atoms with Crippen molar-refractivity contribution in [1.82, 2.24) is 0 Å². The first-order valence-corrected chi connectivity index (χ1v) is 4.42. The Morgan fingerprint density at radius 3 is 2.62 bits per heavy atom. The topological polar surface area (TPSA) is 46.2 Å². The number of aliphatic hydroxyl groups excluding tert-OH is 1. The highest BCUT2D eigenvalue weighted by atomic mass is 35.5. The molecule has 0 unspecified atom stereocenters. The van der Waals surface area contributed by atoms with Gasteiger partial charge in [0.05, 0.1) is 17.3 Å². The number of hydrogen-bond acceptors (Lipinski definition) is 2. The Bertz CT molecular complexity index is 337. The maximum absolute atomic E-state index is 8.55. The summed E-state index contributed by atoms with van der Waals surface area (Å²) in [6, 6.07) is 3.24. The Labute approximate surface area is 86.6 Å². The summed E-state index contributed by atoms with van der Waals surface area (Å²) in [6.45, 7) is -0.0294. The van der Waals surface area contributed by atoms with E-state index in [0.717, 1.165) is 5.56 Å². The second kappa shape index (κ2) is 4.51. The van der Waals surface area contributed by atoms with E-state index < -0.39 is 0 Å². The lowest BCUT2D eigenvalue weighted by Crippen LogP contribution is -1.87. The van der Waals surface area contributed by atoms with Crippen molar-refractivity contribution in [1.29, 1.82) is 0 Å². The predicted molar refractivity (Wildman–Crippen MR) is 57.0 cm³/mol. The summed E-state index contributed by atoms with van der Waals surface area (Å²) in [4.78, 5) is 0. The number of aliphatic hydroxyl groups is 1. The zero-order valence-corrected chi connectivity index (χ0v) is 8.31. The molecule has 0 bridgehead atoms. The summed E-state index contributed by atoms with van der Waals surface area (Å²) < 4.78 is 0. The van der Waals surface area contributed by atoms with Crippen LogP contribution in [0.1, 0.15) is 5.56 Å². The third kappa shape index (κ3) is 2.62. The zero-order chi connectivity index (χ0) is 9.84. The Kier molecular flexibility index (Phi) is 3.60. The van der Waals surface area contributed by atoms with Gasteiger partial charge in [-0.1, -0.05) is 35.4 Å². The van der Waals surface area contributed by atoms with Gasteiger partial charge in [-0.25, -0.2) is 0 Å². The van der Waals surface area contributed by atoms with Crippen LogP contribution in [0, 0.1) is 0 Å². The summed E-state index contributed by atoms with van der Waals surface area (Å²) in [5.74, 6) is 0. The van der Waals surface area contributed by atoms with E-state index in [1.54, 1.807) is 24.3 Å². The summed E-state index contributed by atoms with van der Waals surface area (Å²) in [5.41, 5.74) is 6.73. The Balaban J connectivity index is 3.08. The molecule has 3 N–H and O–H groups in total. The fraction of sp³-hybridized carbons (Fsp3) is 0.111. The van der Waals surface area contributed by atoms with Crippen molar-refractivity contribution in [2.45, 2.75) is 0 Å². The first-order valence-electron chi connectivity index (χ1n) is 3.67. The summed E-state index contributed by atoms with van der Waals surface area (Å²) in [7, 11) is 0. The van der Waals surface area contributed by atoms with Crippen LogP contribution in [0.5, 0.6) is 0 Å². The highest BCUT2D eigenvalue weighted by Crippen LogP contribution is 2.27. The number of hydrogen-bond donors (Lipinski definition) is 2. The quantitative estimate of drug-likeness (QED) is 0.749. The van der Waals surface area contributed by atoms with Crippen LogP contribution in [0.15, 0.2) is 18.2 Å². The van der Waals surface area contributed by atoms with E-state index in [0.29, 0.717) is 15.7 Å². The molecule has 0 spiro atoms. The van der Waals surface area contributed by atoms with Gasteiger partial charge in [0.25, 0.3) is 0 Å². The molecule has 0 heterocycles. The van der Waals surface area contributed by atoms with Crippen molar-refractivity contribution in [3.05, 3.63) is 33.8 Å². The molecule has 0 fully saturated rings. The van der Waals surface area contributed by atoms with Crippen LogP contribution in [0.25, 0.3) is 6.08 Å². The Morgan fingerprint density at radius 2 is 2.00 bits per heavy atom. The number of rotatable bonds is 2. The molecule has 0 aliphatic carbocycles. The first kappa shape index (κ1) is 10.4. The highest BCUT2D eigenvalue weighted by molar-refractivity contribution is 6.36. The molecule has 0 aliphatic rings. The van der Waals surface area contributed by atoms with Crippen molar-refractivity contribution >= 4 is 35.0 Å².